The third kappa shape index (κ3) is 1.64. The molecule has 1 heterocycles. The number of aliphatic hydroxyl groups is 1. The maximum atomic E-state index is 9.04. The highest BCUT2D eigenvalue weighted by Crippen LogP contribution is 2.37. The summed E-state index contributed by atoms with van der Waals surface area (Å²) in [6.45, 7) is 3.68. The molecule has 1 aliphatic carbocycles. The highest BCUT2D eigenvalue weighted by atomic mass is 16.7. The van der Waals surface area contributed by atoms with Crippen molar-refractivity contribution in [3.63, 3.8) is 0 Å². The largest absolute Gasteiger partial charge is 0.392 e. The Morgan fingerprint density at radius 2 is 2.23 bits per heavy atom. The summed E-state index contributed by atoms with van der Waals surface area (Å²) in [5.41, 5.74) is 1.12. The Labute approximate surface area is 78.3 Å². The van der Waals surface area contributed by atoms with Crippen LogP contribution in [0.2, 0.25) is 0 Å². The van der Waals surface area contributed by atoms with Crippen molar-refractivity contribution in [2.24, 2.45) is 5.92 Å². The molecule has 74 valence electrons. The van der Waals surface area contributed by atoms with E-state index >= 15 is 0 Å². The van der Waals surface area contributed by atoms with Crippen LogP contribution in [0.4, 0.5) is 0 Å². The van der Waals surface area contributed by atoms with Gasteiger partial charge in [-0.3, -0.25) is 0 Å². The standard InChI is InChI=1S/C10H16O3/c1-8-6-10(12-4-5-13-10)3-2-9(8)7-11/h2,8,11H,3-7H2,1H3. The van der Waals surface area contributed by atoms with E-state index in [1.54, 1.807) is 0 Å². The van der Waals surface area contributed by atoms with Crippen molar-refractivity contribution in [2.45, 2.75) is 25.6 Å². The van der Waals surface area contributed by atoms with E-state index in [4.69, 9.17) is 14.6 Å². The molecular formula is C10H16O3. The van der Waals surface area contributed by atoms with Crippen molar-refractivity contribution in [3.05, 3.63) is 11.6 Å². The highest BCUT2D eigenvalue weighted by molar-refractivity contribution is 5.13. The molecule has 0 saturated carbocycles. The third-order valence-corrected chi connectivity index (χ3v) is 2.92. The van der Waals surface area contributed by atoms with E-state index in [1.165, 1.54) is 0 Å². The summed E-state index contributed by atoms with van der Waals surface area (Å²) in [6, 6.07) is 0. The lowest BCUT2D eigenvalue weighted by molar-refractivity contribution is -0.168. The van der Waals surface area contributed by atoms with Crippen molar-refractivity contribution < 1.29 is 14.6 Å². The molecular weight excluding hydrogens is 168 g/mol. The minimum Gasteiger partial charge on any atom is -0.392 e. The number of aliphatic hydroxyl groups excluding tert-OH is 1. The van der Waals surface area contributed by atoms with Crippen LogP contribution in [0, 0.1) is 5.92 Å². The van der Waals surface area contributed by atoms with E-state index in [2.05, 4.69) is 13.0 Å². The first-order chi connectivity index (χ1) is 6.26. The molecule has 0 bridgehead atoms. The van der Waals surface area contributed by atoms with Gasteiger partial charge in [-0.1, -0.05) is 13.0 Å². The summed E-state index contributed by atoms with van der Waals surface area (Å²) >= 11 is 0. The van der Waals surface area contributed by atoms with Gasteiger partial charge in [0.05, 0.1) is 19.8 Å². The first-order valence-electron chi connectivity index (χ1n) is 4.83. The molecule has 1 spiro atoms. The van der Waals surface area contributed by atoms with Crippen molar-refractivity contribution in [1.29, 1.82) is 0 Å². The SMILES string of the molecule is CC1CC2(CC=C1CO)OCCO2. The minimum atomic E-state index is -0.363. The Morgan fingerprint density at radius 1 is 1.54 bits per heavy atom. The second-order valence-electron chi connectivity index (χ2n) is 3.85. The predicted molar refractivity (Wildman–Crippen MR) is 48.2 cm³/mol. The van der Waals surface area contributed by atoms with Gasteiger partial charge in [0.25, 0.3) is 0 Å². The van der Waals surface area contributed by atoms with E-state index in [1.807, 2.05) is 0 Å². The molecule has 3 nitrogen and oxygen atoms in total. The fourth-order valence-electron chi connectivity index (χ4n) is 2.12. The van der Waals surface area contributed by atoms with Crippen LogP contribution < -0.4 is 0 Å². The molecule has 3 heteroatoms. The van der Waals surface area contributed by atoms with E-state index in [0.717, 1.165) is 18.4 Å². The summed E-state index contributed by atoms with van der Waals surface area (Å²) in [5.74, 6) is 0.00907. The van der Waals surface area contributed by atoms with Crippen LogP contribution in [0.5, 0.6) is 0 Å². The van der Waals surface area contributed by atoms with Crippen LogP contribution in [-0.2, 0) is 9.47 Å². The van der Waals surface area contributed by atoms with E-state index < -0.39 is 0 Å². The molecule has 2 aliphatic rings. The zero-order chi connectivity index (χ0) is 9.31. The van der Waals surface area contributed by atoms with Crippen LogP contribution >= 0.6 is 0 Å². The summed E-state index contributed by atoms with van der Waals surface area (Å²) in [6.07, 6.45) is 3.71. The molecule has 1 unspecified atom stereocenters. The maximum absolute atomic E-state index is 9.04. The first-order valence-corrected chi connectivity index (χ1v) is 4.83. The van der Waals surface area contributed by atoms with Crippen LogP contribution in [-0.4, -0.2) is 30.7 Å². The van der Waals surface area contributed by atoms with Crippen LogP contribution in [0.15, 0.2) is 11.6 Å². The van der Waals surface area contributed by atoms with Crippen molar-refractivity contribution in [3.8, 4) is 0 Å². The van der Waals surface area contributed by atoms with Crippen LogP contribution in [0.1, 0.15) is 19.8 Å². The molecule has 0 aromatic carbocycles. The van der Waals surface area contributed by atoms with Gasteiger partial charge in [0, 0.05) is 12.8 Å². The second-order valence-corrected chi connectivity index (χ2v) is 3.85. The average molecular weight is 184 g/mol. The molecule has 13 heavy (non-hydrogen) atoms. The summed E-state index contributed by atoms with van der Waals surface area (Å²) in [4.78, 5) is 0. The molecule has 0 amide bonds. The molecule has 1 aliphatic heterocycles. The molecule has 0 radical (unpaired) electrons. The Kier molecular flexibility index (Phi) is 2.41. The number of hydrogen-bond acceptors (Lipinski definition) is 3. The zero-order valence-electron chi connectivity index (χ0n) is 7.95. The summed E-state index contributed by atoms with van der Waals surface area (Å²) in [5, 5.41) is 9.04. The van der Waals surface area contributed by atoms with Gasteiger partial charge in [-0.2, -0.15) is 0 Å². The van der Waals surface area contributed by atoms with Crippen molar-refractivity contribution >= 4 is 0 Å². The second kappa shape index (κ2) is 3.40. The Bertz CT molecular complexity index is 216. The van der Waals surface area contributed by atoms with Gasteiger partial charge in [-0.15, -0.1) is 0 Å². The topological polar surface area (TPSA) is 38.7 Å². The van der Waals surface area contributed by atoms with Gasteiger partial charge in [0.15, 0.2) is 5.79 Å². The number of ether oxygens (including phenoxy) is 2. The lowest BCUT2D eigenvalue weighted by Crippen LogP contribution is -2.35. The molecule has 1 saturated heterocycles. The lowest BCUT2D eigenvalue weighted by atomic mass is 9.85. The fourth-order valence-corrected chi connectivity index (χ4v) is 2.12. The fraction of sp³-hybridized carbons (Fsp3) is 0.800. The molecule has 0 aromatic rings. The van der Waals surface area contributed by atoms with Gasteiger partial charge in [-0.05, 0) is 11.5 Å². The quantitative estimate of drug-likeness (QED) is 0.620. The summed E-state index contributed by atoms with van der Waals surface area (Å²) in [7, 11) is 0. The molecule has 1 atom stereocenters. The normalized spacial score (nSPS) is 32.2. The first kappa shape index (κ1) is 9.19. The van der Waals surface area contributed by atoms with E-state index in [-0.39, 0.29) is 12.4 Å². The average Bonchev–Trinajstić information content (AvgIpc) is 2.54. The predicted octanol–water partition coefficient (Wildman–Crippen LogP) is 1.08. The smallest absolute Gasteiger partial charge is 0.172 e. The monoisotopic (exact) mass is 184 g/mol. The highest BCUT2D eigenvalue weighted by Gasteiger charge is 2.40. The number of hydrogen-bond donors (Lipinski definition) is 1. The Morgan fingerprint density at radius 3 is 2.77 bits per heavy atom. The van der Waals surface area contributed by atoms with E-state index in [0.29, 0.717) is 19.1 Å². The van der Waals surface area contributed by atoms with Crippen molar-refractivity contribution in [1.82, 2.24) is 0 Å². The third-order valence-electron chi connectivity index (χ3n) is 2.92. The van der Waals surface area contributed by atoms with Gasteiger partial charge in [0.2, 0.25) is 0 Å². The Hall–Kier alpha value is -0.380. The van der Waals surface area contributed by atoms with Gasteiger partial charge in [-0.25, -0.2) is 0 Å². The van der Waals surface area contributed by atoms with Crippen LogP contribution in [0.25, 0.3) is 0 Å². The van der Waals surface area contributed by atoms with Crippen molar-refractivity contribution in [2.75, 3.05) is 19.8 Å². The van der Waals surface area contributed by atoms with E-state index in [9.17, 15) is 0 Å². The molecule has 1 N–H and O–H groups in total. The zero-order valence-corrected chi connectivity index (χ0v) is 7.95. The lowest BCUT2D eigenvalue weighted by Gasteiger charge is -2.34. The summed E-state index contributed by atoms with van der Waals surface area (Å²) < 4.78 is 11.2. The number of rotatable bonds is 1. The molecule has 2 rings (SSSR count). The van der Waals surface area contributed by atoms with Crippen LogP contribution in [0.3, 0.4) is 0 Å². The molecule has 0 aromatic heterocycles. The van der Waals surface area contributed by atoms with Gasteiger partial charge in [0.1, 0.15) is 0 Å². The molecule has 1 fully saturated rings. The van der Waals surface area contributed by atoms with Gasteiger partial charge >= 0.3 is 0 Å². The minimum absolute atomic E-state index is 0.164. The van der Waals surface area contributed by atoms with Gasteiger partial charge < -0.3 is 14.6 Å². The maximum Gasteiger partial charge on any atom is 0.172 e. The Balaban J connectivity index is 2.09.